The van der Waals surface area contributed by atoms with E-state index in [0.717, 1.165) is 10.4 Å². The molecule has 2 heterocycles. The van der Waals surface area contributed by atoms with Crippen LogP contribution in [0.3, 0.4) is 0 Å². The summed E-state index contributed by atoms with van der Waals surface area (Å²) in [6.07, 6.45) is 0.181. The van der Waals surface area contributed by atoms with Crippen LogP contribution < -0.4 is 10.9 Å². The molecule has 28 heavy (non-hydrogen) atoms. The number of carbonyl (C=O) groups is 2. The minimum Gasteiger partial charge on any atom is -0.507 e. The molecule has 2 aromatic heterocycles. The van der Waals surface area contributed by atoms with E-state index in [2.05, 4.69) is 5.32 Å². The molecule has 0 aliphatic rings. The lowest BCUT2D eigenvalue weighted by Gasteiger charge is -2.08. The summed E-state index contributed by atoms with van der Waals surface area (Å²) in [7, 11) is 0. The van der Waals surface area contributed by atoms with Crippen LogP contribution in [0.2, 0.25) is 0 Å². The van der Waals surface area contributed by atoms with Crippen LogP contribution in [0.5, 0.6) is 5.75 Å². The monoisotopic (exact) mass is 397 g/mol. The van der Waals surface area contributed by atoms with Crippen LogP contribution in [0.4, 0.5) is 5.69 Å². The number of hydrogen-bond acceptors (Lipinski definition) is 6. The van der Waals surface area contributed by atoms with Gasteiger partial charge in [0.15, 0.2) is 5.78 Å². The number of amides is 1. The van der Waals surface area contributed by atoms with Crippen molar-refractivity contribution in [2.24, 2.45) is 0 Å². The highest BCUT2D eigenvalue weighted by Gasteiger charge is 2.19. The Kier molecular flexibility index (Phi) is 5.75. The van der Waals surface area contributed by atoms with Gasteiger partial charge < -0.3 is 14.8 Å². The number of aromatic hydroxyl groups is 1. The fourth-order valence-electron chi connectivity index (χ4n) is 2.82. The number of thiophene rings is 1. The molecule has 0 saturated carbocycles. The predicted molar refractivity (Wildman–Crippen MR) is 107 cm³/mol. The van der Waals surface area contributed by atoms with Crippen molar-refractivity contribution in [2.75, 3.05) is 5.32 Å². The molecular weight excluding hydrogens is 378 g/mol. The number of nitrogens with one attached hydrogen (secondary N) is 1. The van der Waals surface area contributed by atoms with Crippen LogP contribution in [0.15, 0.2) is 51.0 Å². The first-order chi connectivity index (χ1) is 13.3. The largest absolute Gasteiger partial charge is 0.507 e. The van der Waals surface area contributed by atoms with E-state index < -0.39 is 17.2 Å². The Morgan fingerprint density at radius 3 is 2.61 bits per heavy atom. The second-order valence-electron chi connectivity index (χ2n) is 6.46. The molecule has 0 fully saturated rings. The molecule has 0 radical (unpaired) electrons. The number of anilines is 1. The van der Waals surface area contributed by atoms with E-state index in [1.807, 2.05) is 18.4 Å². The van der Waals surface area contributed by atoms with Gasteiger partial charge in [-0.1, -0.05) is 12.1 Å². The summed E-state index contributed by atoms with van der Waals surface area (Å²) in [6, 6.07) is 10.0. The lowest BCUT2D eigenvalue weighted by molar-refractivity contribution is -0.115. The highest BCUT2D eigenvalue weighted by atomic mass is 32.1. The number of benzene rings is 1. The van der Waals surface area contributed by atoms with Crippen molar-refractivity contribution in [3.05, 3.63) is 79.5 Å². The van der Waals surface area contributed by atoms with E-state index in [1.165, 1.54) is 24.3 Å². The van der Waals surface area contributed by atoms with Gasteiger partial charge in [0.05, 0.1) is 6.42 Å². The standard InChI is InChI=1S/C21H19NO5S/c1-12-6-7-28-18(12)11-19(25)22-15-5-3-4-14(9-15)10-17(24)20-16(23)8-13(2)27-21(20)26/h3-9,23H,10-11H2,1-2H3,(H,22,25). The SMILES string of the molecule is Cc1cc(O)c(C(=O)Cc2cccc(NC(=O)Cc3sccc3C)c2)c(=O)o1. The van der Waals surface area contributed by atoms with Gasteiger partial charge in [0.1, 0.15) is 17.1 Å². The lowest BCUT2D eigenvalue weighted by Crippen LogP contribution is -2.17. The van der Waals surface area contributed by atoms with Gasteiger partial charge >= 0.3 is 5.63 Å². The van der Waals surface area contributed by atoms with E-state index in [1.54, 1.807) is 24.3 Å². The summed E-state index contributed by atoms with van der Waals surface area (Å²) >= 11 is 1.53. The molecule has 0 unspecified atom stereocenters. The fourth-order valence-corrected chi connectivity index (χ4v) is 3.73. The van der Waals surface area contributed by atoms with E-state index in [0.29, 0.717) is 11.3 Å². The Bertz CT molecular complexity index is 1100. The molecule has 0 bridgehead atoms. The average molecular weight is 397 g/mol. The number of Topliss-reactive ketones (excluding diaryl/α,β-unsaturated/α-hetero) is 1. The molecule has 3 aromatic rings. The van der Waals surface area contributed by atoms with Crippen LogP contribution in [-0.4, -0.2) is 16.8 Å². The number of aryl methyl sites for hydroxylation is 2. The molecule has 1 aromatic carbocycles. The fraction of sp³-hybridized carbons (Fsp3) is 0.190. The van der Waals surface area contributed by atoms with Gasteiger partial charge in [0.2, 0.25) is 5.91 Å². The smallest absolute Gasteiger partial charge is 0.350 e. The number of hydrogen-bond donors (Lipinski definition) is 2. The molecule has 0 atom stereocenters. The van der Waals surface area contributed by atoms with Crippen molar-refractivity contribution in [2.45, 2.75) is 26.7 Å². The first-order valence-corrected chi connectivity index (χ1v) is 9.50. The summed E-state index contributed by atoms with van der Waals surface area (Å²) in [5.74, 6) is -0.867. The van der Waals surface area contributed by atoms with Crippen LogP contribution in [-0.2, 0) is 17.6 Å². The van der Waals surface area contributed by atoms with E-state index >= 15 is 0 Å². The third kappa shape index (κ3) is 4.55. The van der Waals surface area contributed by atoms with E-state index in [4.69, 9.17) is 4.42 Å². The lowest BCUT2D eigenvalue weighted by atomic mass is 10.0. The molecule has 6 nitrogen and oxygen atoms in total. The topological polar surface area (TPSA) is 96.6 Å². The number of carbonyl (C=O) groups excluding carboxylic acids is 2. The van der Waals surface area contributed by atoms with Gasteiger partial charge in [-0.25, -0.2) is 4.79 Å². The van der Waals surface area contributed by atoms with Crippen molar-refractivity contribution in [3.63, 3.8) is 0 Å². The van der Waals surface area contributed by atoms with Crippen LogP contribution in [0, 0.1) is 13.8 Å². The predicted octanol–water partition coefficient (Wildman–Crippen LogP) is 3.63. The molecule has 2 N–H and O–H groups in total. The van der Waals surface area contributed by atoms with Crippen molar-refractivity contribution >= 4 is 28.7 Å². The van der Waals surface area contributed by atoms with Crippen LogP contribution >= 0.6 is 11.3 Å². The maximum atomic E-state index is 12.4. The van der Waals surface area contributed by atoms with Crippen molar-refractivity contribution in [3.8, 4) is 5.75 Å². The molecule has 7 heteroatoms. The number of ketones is 1. The van der Waals surface area contributed by atoms with Crippen LogP contribution in [0.1, 0.15) is 32.1 Å². The van der Waals surface area contributed by atoms with Gasteiger partial charge in [-0.3, -0.25) is 9.59 Å². The second-order valence-corrected chi connectivity index (χ2v) is 7.46. The maximum absolute atomic E-state index is 12.4. The normalized spacial score (nSPS) is 10.6. The Morgan fingerprint density at radius 2 is 1.93 bits per heavy atom. The summed E-state index contributed by atoms with van der Waals surface area (Å²) in [4.78, 5) is 37.6. The first kappa shape index (κ1) is 19.6. The summed E-state index contributed by atoms with van der Waals surface area (Å²) in [6.45, 7) is 3.47. The zero-order valence-electron chi connectivity index (χ0n) is 15.4. The molecule has 0 aliphatic carbocycles. The Morgan fingerprint density at radius 1 is 1.14 bits per heavy atom. The number of rotatable bonds is 6. The van der Waals surface area contributed by atoms with Crippen LogP contribution in [0.25, 0.3) is 0 Å². The Hall–Kier alpha value is -3.19. The second kappa shape index (κ2) is 8.22. The Labute approximate surface area is 165 Å². The maximum Gasteiger partial charge on any atom is 0.350 e. The Balaban J connectivity index is 1.71. The molecule has 0 saturated heterocycles. The van der Waals surface area contributed by atoms with Gasteiger partial charge in [-0.05, 0) is 48.6 Å². The quantitative estimate of drug-likeness (QED) is 0.619. The zero-order valence-corrected chi connectivity index (χ0v) is 16.3. The molecule has 0 spiro atoms. The summed E-state index contributed by atoms with van der Waals surface area (Å²) in [5, 5.41) is 14.7. The zero-order chi connectivity index (χ0) is 20.3. The van der Waals surface area contributed by atoms with Gasteiger partial charge in [0, 0.05) is 23.1 Å². The highest BCUT2D eigenvalue weighted by molar-refractivity contribution is 7.10. The van der Waals surface area contributed by atoms with Crippen molar-refractivity contribution < 1.29 is 19.1 Å². The minimum atomic E-state index is -0.863. The van der Waals surface area contributed by atoms with E-state index in [-0.39, 0.29) is 30.1 Å². The average Bonchev–Trinajstić information content (AvgIpc) is 2.98. The molecule has 144 valence electrons. The highest BCUT2D eigenvalue weighted by Crippen LogP contribution is 2.20. The molecule has 1 amide bonds. The van der Waals surface area contributed by atoms with Gasteiger partial charge in [-0.2, -0.15) is 0 Å². The summed E-state index contributed by atoms with van der Waals surface area (Å²) < 4.78 is 4.89. The van der Waals surface area contributed by atoms with Crippen molar-refractivity contribution in [1.82, 2.24) is 0 Å². The molecular formula is C21H19NO5S. The van der Waals surface area contributed by atoms with Gasteiger partial charge in [-0.15, -0.1) is 11.3 Å². The molecule has 3 rings (SSSR count). The van der Waals surface area contributed by atoms with E-state index in [9.17, 15) is 19.5 Å². The molecule has 0 aliphatic heterocycles. The third-order valence-electron chi connectivity index (χ3n) is 4.20. The van der Waals surface area contributed by atoms with Gasteiger partial charge in [0.25, 0.3) is 0 Å². The minimum absolute atomic E-state index is 0.102. The third-order valence-corrected chi connectivity index (χ3v) is 5.22. The summed E-state index contributed by atoms with van der Waals surface area (Å²) in [5.41, 5.74) is 1.02. The van der Waals surface area contributed by atoms with Crippen molar-refractivity contribution in [1.29, 1.82) is 0 Å². The first-order valence-electron chi connectivity index (χ1n) is 8.62.